The van der Waals surface area contributed by atoms with E-state index in [1.807, 2.05) is 0 Å². The van der Waals surface area contributed by atoms with Gasteiger partial charge in [0.15, 0.2) is 0 Å². The fourth-order valence-electron chi connectivity index (χ4n) is 9.74. The van der Waals surface area contributed by atoms with Crippen molar-refractivity contribution < 1.29 is 4.42 Å². The van der Waals surface area contributed by atoms with Gasteiger partial charge in [-0.15, -0.1) is 0 Å². The zero-order chi connectivity index (χ0) is 43.8. The molecule has 1 aromatic heterocycles. The molecule has 66 heavy (non-hydrogen) atoms. The number of hydrogen-bond donors (Lipinski definition) is 0. The number of para-hydroxylation sites is 1. The lowest BCUT2D eigenvalue weighted by Crippen LogP contribution is -2.10. The van der Waals surface area contributed by atoms with E-state index < -0.39 is 0 Å². The normalized spacial score (nSPS) is 11.3. The van der Waals surface area contributed by atoms with Crippen LogP contribution in [0, 0.1) is 0 Å². The fourth-order valence-corrected chi connectivity index (χ4v) is 9.74. The summed E-state index contributed by atoms with van der Waals surface area (Å²) < 4.78 is 7.00. The van der Waals surface area contributed by atoms with Gasteiger partial charge in [-0.1, -0.05) is 218 Å². The molecule has 0 radical (unpaired) electrons. The van der Waals surface area contributed by atoms with Gasteiger partial charge in [0, 0.05) is 22.3 Å². The van der Waals surface area contributed by atoms with E-state index in [9.17, 15) is 0 Å². The van der Waals surface area contributed by atoms with Crippen molar-refractivity contribution in [2.24, 2.45) is 0 Å². The van der Waals surface area contributed by atoms with E-state index in [4.69, 9.17) is 4.42 Å². The average Bonchev–Trinajstić information content (AvgIpc) is 3.80. The molecule has 0 amide bonds. The zero-order valence-electron chi connectivity index (χ0n) is 36.2. The van der Waals surface area contributed by atoms with E-state index in [1.54, 1.807) is 0 Å². The Kier molecular flexibility index (Phi) is 9.89. The average molecular weight is 842 g/mol. The largest absolute Gasteiger partial charge is 0.455 e. The predicted molar refractivity (Wildman–Crippen MR) is 279 cm³/mol. The summed E-state index contributed by atoms with van der Waals surface area (Å²) in [6.07, 6.45) is 0. The molecule has 0 aliphatic carbocycles. The molecule has 0 saturated carbocycles. The zero-order valence-corrected chi connectivity index (χ0v) is 36.2. The highest BCUT2D eigenvalue weighted by atomic mass is 16.3. The molecule has 11 aromatic carbocycles. The van der Waals surface area contributed by atoms with E-state index in [0.29, 0.717) is 0 Å². The smallest absolute Gasteiger partial charge is 0.145 e. The minimum absolute atomic E-state index is 0.856. The molecule has 2 heteroatoms. The lowest BCUT2D eigenvalue weighted by atomic mass is 9.90. The number of furan rings is 1. The van der Waals surface area contributed by atoms with E-state index in [0.717, 1.165) is 55.7 Å². The molecule has 0 fully saturated rings. The van der Waals surface area contributed by atoms with Crippen LogP contribution in [0.25, 0.3) is 99.5 Å². The van der Waals surface area contributed by atoms with Crippen molar-refractivity contribution >= 4 is 49.8 Å². The lowest BCUT2D eigenvalue weighted by Gasteiger charge is -2.27. The third-order valence-electron chi connectivity index (χ3n) is 12.9. The summed E-state index contributed by atoms with van der Waals surface area (Å²) in [4.78, 5) is 2.38. The number of rotatable bonds is 9. The second kappa shape index (κ2) is 16.8. The van der Waals surface area contributed by atoms with Crippen LogP contribution in [0.3, 0.4) is 0 Å². The molecule has 0 spiro atoms. The Morgan fingerprint density at radius 1 is 0.258 bits per heavy atom. The Bertz CT molecular complexity index is 3640. The van der Waals surface area contributed by atoms with Crippen molar-refractivity contribution in [1.29, 1.82) is 0 Å². The Hall–Kier alpha value is -8.72. The fraction of sp³-hybridized carbons (Fsp3) is 0. The van der Waals surface area contributed by atoms with Crippen LogP contribution >= 0.6 is 0 Å². The van der Waals surface area contributed by atoms with Crippen LogP contribution in [0.1, 0.15) is 0 Å². The first kappa shape index (κ1) is 38.9. The molecule has 2 nitrogen and oxygen atoms in total. The summed E-state index contributed by atoms with van der Waals surface area (Å²) in [5.41, 5.74) is 19.0. The molecule has 310 valence electrons. The third kappa shape index (κ3) is 7.02. The molecule has 12 aromatic rings. The van der Waals surface area contributed by atoms with Gasteiger partial charge in [0.25, 0.3) is 0 Å². The van der Waals surface area contributed by atoms with Crippen molar-refractivity contribution in [2.75, 3.05) is 4.90 Å². The van der Waals surface area contributed by atoms with Gasteiger partial charge < -0.3 is 9.32 Å². The quantitative estimate of drug-likeness (QED) is 0.144. The first-order valence-electron chi connectivity index (χ1n) is 22.6. The maximum absolute atomic E-state index is 7.00. The summed E-state index contributed by atoms with van der Waals surface area (Å²) in [6.45, 7) is 0. The van der Waals surface area contributed by atoms with Gasteiger partial charge in [-0.05, 0) is 114 Å². The van der Waals surface area contributed by atoms with Crippen LogP contribution in [-0.2, 0) is 0 Å². The molecular formula is C64H43NO. The van der Waals surface area contributed by atoms with Crippen molar-refractivity contribution in [1.82, 2.24) is 0 Å². The Labute approximate surface area is 384 Å². The Morgan fingerprint density at radius 2 is 0.682 bits per heavy atom. The number of nitrogens with zero attached hydrogens (tertiary/aromatic N) is 1. The topological polar surface area (TPSA) is 16.4 Å². The van der Waals surface area contributed by atoms with Crippen LogP contribution in [0.5, 0.6) is 0 Å². The standard InChI is InChI=1S/C64H43NO/c1-4-16-44(17-5-1)46-34-38-52(39-35-46)65(53-40-36-47(37-41-53)45-30-32-50(33-31-45)55-25-11-10-24-54(55)48-18-6-2-7-19-48)60-43-42-58(64-63(60)59-26-12-13-29-61(59)66-64)57-28-15-23-51-22-14-27-56(62(51)57)49-20-8-3-9-21-49/h1-43H. The van der Waals surface area contributed by atoms with Gasteiger partial charge in [-0.25, -0.2) is 0 Å². The summed E-state index contributed by atoms with van der Waals surface area (Å²) >= 11 is 0. The number of benzene rings is 11. The Balaban J connectivity index is 0.997. The molecule has 12 rings (SSSR count). The Morgan fingerprint density at radius 3 is 1.27 bits per heavy atom. The number of hydrogen-bond acceptors (Lipinski definition) is 2. The second-order valence-electron chi connectivity index (χ2n) is 16.8. The molecule has 0 aliphatic heterocycles. The number of fused-ring (bicyclic) bond motifs is 4. The first-order valence-corrected chi connectivity index (χ1v) is 22.6. The highest BCUT2D eigenvalue weighted by Crippen LogP contribution is 2.48. The first-order chi connectivity index (χ1) is 32.7. The van der Waals surface area contributed by atoms with E-state index in [1.165, 1.54) is 60.8 Å². The summed E-state index contributed by atoms with van der Waals surface area (Å²) in [7, 11) is 0. The number of anilines is 3. The lowest BCUT2D eigenvalue weighted by molar-refractivity contribution is 0.670. The van der Waals surface area contributed by atoms with Crippen LogP contribution in [0.15, 0.2) is 265 Å². The van der Waals surface area contributed by atoms with Crippen molar-refractivity contribution in [3.8, 4) is 66.8 Å². The SMILES string of the molecule is c1ccc(-c2ccc(N(c3ccc(-c4ccc(-c5ccccc5-c5ccccc5)cc4)cc3)c3ccc(-c4cccc5cccc(-c6ccccc6)c45)c4oc5ccccc5c34)cc2)cc1. The van der Waals surface area contributed by atoms with Crippen molar-refractivity contribution in [3.63, 3.8) is 0 Å². The van der Waals surface area contributed by atoms with Gasteiger partial charge in [0.1, 0.15) is 11.2 Å². The molecule has 0 bridgehead atoms. The van der Waals surface area contributed by atoms with Gasteiger partial charge in [-0.2, -0.15) is 0 Å². The van der Waals surface area contributed by atoms with E-state index >= 15 is 0 Å². The van der Waals surface area contributed by atoms with Gasteiger partial charge in [-0.3, -0.25) is 0 Å². The maximum atomic E-state index is 7.00. The molecular weight excluding hydrogens is 799 g/mol. The van der Waals surface area contributed by atoms with E-state index in [2.05, 4.69) is 266 Å². The molecule has 0 aliphatic rings. The highest BCUT2D eigenvalue weighted by molar-refractivity contribution is 6.19. The monoisotopic (exact) mass is 841 g/mol. The van der Waals surface area contributed by atoms with Crippen molar-refractivity contribution in [2.45, 2.75) is 0 Å². The van der Waals surface area contributed by atoms with Gasteiger partial charge in [0.2, 0.25) is 0 Å². The minimum Gasteiger partial charge on any atom is -0.455 e. The summed E-state index contributed by atoms with van der Waals surface area (Å²) in [5, 5.41) is 4.54. The van der Waals surface area contributed by atoms with Crippen molar-refractivity contribution in [3.05, 3.63) is 261 Å². The molecule has 0 saturated heterocycles. The molecule has 0 N–H and O–H groups in total. The maximum Gasteiger partial charge on any atom is 0.145 e. The van der Waals surface area contributed by atoms with Crippen LogP contribution in [-0.4, -0.2) is 0 Å². The summed E-state index contributed by atoms with van der Waals surface area (Å²) in [6, 6.07) is 93.6. The van der Waals surface area contributed by atoms with E-state index in [-0.39, 0.29) is 0 Å². The van der Waals surface area contributed by atoms with Gasteiger partial charge in [0.05, 0.1) is 11.1 Å². The third-order valence-corrected chi connectivity index (χ3v) is 12.9. The van der Waals surface area contributed by atoms with Crippen LogP contribution in [0.2, 0.25) is 0 Å². The molecule has 1 heterocycles. The minimum atomic E-state index is 0.856. The predicted octanol–water partition coefficient (Wildman–Crippen LogP) is 18.2. The highest BCUT2D eigenvalue weighted by Gasteiger charge is 2.24. The summed E-state index contributed by atoms with van der Waals surface area (Å²) in [5.74, 6) is 0. The second-order valence-corrected chi connectivity index (χ2v) is 16.8. The molecule has 0 unspecified atom stereocenters. The van der Waals surface area contributed by atoms with Gasteiger partial charge >= 0.3 is 0 Å². The van der Waals surface area contributed by atoms with Crippen LogP contribution < -0.4 is 4.90 Å². The van der Waals surface area contributed by atoms with Crippen LogP contribution in [0.4, 0.5) is 17.1 Å². The molecule has 0 atom stereocenters.